The molecular weight excluding hydrogens is 320 g/mol. The van der Waals surface area contributed by atoms with Crippen LogP contribution in [0.1, 0.15) is 87.9 Å². The molecule has 0 N–H and O–H groups in total. The Morgan fingerprint density at radius 2 is 1.42 bits per heavy atom. The van der Waals surface area contributed by atoms with Crippen LogP contribution in [0.2, 0.25) is 0 Å². The third-order valence-electron chi connectivity index (χ3n) is 7.03. The minimum absolute atomic E-state index is 0.302. The third kappa shape index (κ3) is 5.11. The molecule has 2 fully saturated rings. The van der Waals surface area contributed by atoms with Crippen molar-refractivity contribution in [3.05, 3.63) is 29.8 Å². The van der Waals surface area contributed by atoms with Crippen molar-refractivity contribution in [2.45, 2.75) is 77.6 Å². The Balaban J connectivity index is 1.41. The van der Waals surface area contributed by atoms with Gasteiger partial charge >= 0.3 is 0 Å². The van der Waals surface area contributed by atoms with Gasteiger partial charge in [0, 0.05) is 12.0 Å². The minimum atomic E-state index is 0.302. The molecule has 0 unspecified atom stereocenters. The average Bonchev–Trinajstić information content (AvgIpc) is 2.69. The predicted octanol–water partition coefficient (Wildman–Crippen LogP) is 6.68. The molecule has 0 spiro atoms. The van der Waals surface area contributed by atoms with Crippen molar-refractivity contribution in [2.75, 3.05) is 7.11 Å². The third-order valence-corrected chi connectivity index (χ3v) is 7.03. The largest absolute Gasteiger partial charge is 0.497 e. The van der Waals surface area contributed by atoms with Crippen molar-refractivity contribution in [2.24, 2.45) is 23.7 Å². The summed E-state index contributed by atoms with van der Waals surface area (Å²) in [4.78, 5) is 12.6. The lowest BCUT2D eigenvalue weighted by Crippen LogP contribution is -2.26. The van der Waals surface area contributed by atoms with Crippen molar-refractivity contribution in [3.63, 3.8) is 0 Å². The van der Waals surface area contributed by atoms with Gasteiger partial charge in [-0.05, 0) is 86.5 Å². The van der Waals surface area contributed by atoms with Gasteiger partial charge < -0.3 is 4.74 Å². The van der Waals surface area contributed by atoms with E-state index >= 15 is 0 Å². The summed E-state index contributed by atoms with van der Waals surface area (Å²) in [6.07, 6.45) is 14.6. The number of benzene rings is 1. The van der Waals surface area contributed by atoms with Crippen molar-refractivity contribution in [1.82, 2.24) is 0 Å². The molecule has 0 saturated heterocycles. The Morgan fingerprint density at radius 3 is 1.92 bits per heavy atom. The van der Waals surface area contributed by atoms with Crippen LogP contribution in [-0.2, 0) is 0 Å². The van der Waals surface area contributed by atoms with E-state index in [1.165, 1.54) is 64.2 Å². The summed E-state index contributed by atoms with van der Waals surface area (Å²) in [5.74, 6) is 4.63. The maximum atomic E-state index is 12.6. The number of methoxy groups -OCH3 is 1. The molecule has 26 heavy (non-hydrogen) atoms. The second-order valence-electron chi connectivity index (χ2n) is 8.71. The molecule has 0 heterocycles. The number of carbonyl (C=O) groups excluding carboxylic acids is 1. The van der Waals surface area contributed by atoms with Gasteiger partial charge in [0.2, 0.25) is 0 Å². The zero-order valence-electron chi connectivity index (χ0n) is 16.7. The topological polar surface area (TPSA) is 26.3 Å². The average molecular weight is 357 g/mol. The van der Waals surface area contributed by atoms with E-state index in [9.17, 15) is 4.79 Å². The van der Waals surface area contributed by atoms with Crippen LogP contribution >= 0.6 is 0 Å². The zero-order valence-corrected chi connectivity index (χ0v) is 16.7. The molecule has 0 amide bonds. The molecule has 0 aliphatic heterocycles. The lowest BCUT2D eigenvalue weighted by Gasteiger charge is -2.37. The van der Waals surface area contributed by atoms with Crippen LogP contribution in [0.4, 0.5) is 0 Å². The molecule has 0 radical (unpaired) electrons. The van der Waals surface area contributed by atoms with E-state index in [0.29, 0.717) is 11.7 Å². The highest BCUT2D eigenvalue weighted by molar-refractivity contribution is 5.96. The SMILES string of the molecule is CCCC1CCC(C2CCC(CC(=O)c3ccc(OC)cc3)CC2)CC1. The van der Waals surface area contributed by atoms with Gasteiger partial charge in [-0.25, -0.2) is 0 Å². The van der Waals surface area contributed by atoms with E-state index in [2.05, 4.69) is 6.92 Å². The van der Waals surface area contributed by atoms with Gasteiger partial charge in [-0.3, -0.25) is 4.79 Å². The van der Waals surface area contributed by atoms with Crippen LogP contribution < -0.4 is 4.74 Å². The van der Waals surface area contributed by atoms with E-state index < -0.39 is 0 Å². The van der Waals surface area contributed by atoms with Crippen LogP contribution in [0, 0.1) is 23.7 Å². The molecule has 0 bridgehead atoms. The molecule has 0 aromatic heterocycles. The summed E-state index contributed by atoms with van der Waals surface area (Å²) < 4.78 is 5.18. The van der Waals surface area contributed by atoms with Crippen LogP contribution in [0.5, 0.6) is 5.75 Å². The van der Waals surface area contributed by atoms with Gasteiger partial charge in [0.05, 0.1) is 7.11 Å². The maximum absolute atomic E-state index is 12.6. The molecule has 0 atom stereocenters. The molecule has 2 aliphatic rings. The highest BCUT2D eigenvalue weighted by atomic mass is 16.5. The molecule has 2 aliphatic carbocycles. The minimum Gasteiger partial charge on any atom is -0.497 e. The van der Waals surface area contributed by atoms with Crippen molar-refractivity contribution < 1.29 is 9.53 Å². The first-order valence-corrected chi connectivity index (χ1v) is 10.9. The van der Waals surface area contributed by atoms with E-state index in [0.717, 1.165) is 35.5 Å². The first-order valence-electron chi connectivity index (χ1n) is 10.9. The number of hydrogen-bond donors (Lipinski definition) is 0. The smallest absolute Gasteiger partial charge is 0.163 e. The van der Waals surface area contributed by atoms with Crippen molar-refractivity contribution in [3.8, 4) is 5.75 Å². The molecule has 144 valence electrons. The Bertz CT molecular complexity index is 546. The van der Waals surface area contributed by atoms with Gasteiger partial charge in [-0.2, -0.15) is 0 Å². The fourth-order valence-electron chi connectivity index (χ4n) is 5.38. The highest BCUT2D eigenvalue weighted by Gasteiger charge is 2.31. The molecule has 2 heteroatoms. The van der Waals surface area contributed by atoms with E-state index in [-0.39, 0.29) is 0 Å². The number of ketones is 1. The molecule has 1 aromatic rings. The maximum Gasteiger partial charge on any atom is 0.163 e. The lowest BCUT2D eigenvalue weighted by molar-refractivity contribution is 0.0920. The van der Waals surface area contributed by atoms with Gasteiger partial charge in [-0.15, -0.1) is 0 Å². The fraction of sp³-hybridized carbons (Fsp3) is 0.708. The molecular formula is C24H36O2. The number of Topliss-reactive ketones (excluding diaryl/α,β-unsaturated/α-hetero) is 1. The summed E-state index contributed by atoms with van der Waals surface area (Å²) >= 11 is 0. The number of rotatable bonds is 7. The fourth-order valence-corrected chi connectivity index (χ4v) is 5.38. The lowest BCUT2D eigenvalue weighted by atomic mass is 9.68. The van der Waals surface area contributed by atoms with Crippen LogP contribution in [-0.4, -0.2) is 12.9 Å². The summed E-state index contributed by atoms with van der Waals surface area (Å²) in [7, 11) is 1.66. The van der Waals surface area contributed by atoms with Crippen LogP contribution in [0.3, 0.4) is 0 Å². The molecule has 3 rings (SSSR count). The summed E-state index contributed by atoms with van der Waals surface area (Å²) in [5, 5.41) is 0. The van der Waals surface area contributed by atoms with Crippen LogP contribution in [0.15, 0.2) is 24.3 Å². The number of carbonyl (C=O) groups is 1. The van der Waals surface area contributed by atoms with Gasteiger partial charge in [0.1, 0.15) is 5.75 Å². The second kappa shape index (κ2) is 9.58. The van der Waals surface area contributed by atoms with Crippen molar-refractivity contribution >= 4 is 5.78 Å². The predicted molar refractivity (Wildman–Crippen MR) is 108 cm³/mol. The quantitative estimate of drug-likeness (QED) is 0.509. The Hall–Kier alpha value is -1.31. The number of ether oxygens (including phenoxy) is 1. The van der Waals surface area contributed by atoms with E-state index in [4.69, 9.17) is 4.74 Å². The van der Waals surface area contributed by atoms with Gasteiger partial charge in [-0.1, -0.05) is 32.6 Å². The summed E-state index contributed by atoms with van der Waals surface area (Å²) in [6, 6.07) is 7.58. The first-order chi connectivity index (χ1) is 12.7. The highest BCUT2D eigenvalue weighted by Crippen LogP contribution is 2.42. The Labute approximate surface area is 159 Å². The summed E-state index contributed by atoms with van der Waals surface area (Å²) in [6.45, 7) is 2.32. The second-order valence-corrected chi connectivity index (χ2v) is 8.71. The first kappa shape index (κ1) is 19.5. The van der Waals surface area contributed by atoms with Crippen LogP contribution in [0.25, 0.3) is 0 Å². The summed E-state index contributed by atoms with van der Waals surface area (Å²) in [5.41, 5.74) is 0.835. The standard InChI is InChI=1S/C24H36O2/c1-3-4-18-5-9-20(10-6-18)21-11-7-19(8-12-21)17-24(25)22-13-15-23(26-2)16-14-22/h13-16,18-21H,3-12,17H2,1-2H3. The molecule has 2 nitrogen and oxygen atoms in total. The normalized spacial score (nSPS) is 29.3. The van der Waals surface area contributed by atoms with Gasteiger partial charge in [0.25, 0.3) is 0 Å². The van der Waals surface area contributed by atoms with Crippen molar-refractivity contribution in [1.29, 1.82) is 0 Å². The van der Waals surface area contributed by atoms with Gasteiger partial charge in [0.15, 0.2) is 5.78 Å². The molecule has 2 saturated carbocycles. The zero-order chi connectivity index (χ0) is 18.4. The van der Waals surface area contributed by atoms with E-state index in [1.54, 1.807) is 7.11 Å². The monoisotopic (exact) mass is 356 g/mol. The Morgan fingerprint density at radius 1 is 0.885 bits per heavy atom. The number of hydrogen-bond acceptors (Lipinski definition) is 2. The molecule has 1 aromatic carbocycles. The van der Waals surface area contributed by atoms with E-state index in [1.807, 2.05) is 24.3 Å². The Kier molecular flexibility index (Phi) is 7.16.